The van der Waals surface area contributed by atoms with Crippen LogP contribution in [0.25, 0.3) is 0 Å². The minimum atomic E-state index is -1.04. The highest BCUT2D eigenvalue weighted by Gasteiger charge is 2.31. The van der Waals surface area contributed by atoms with Crippen LogP contribution in [-0.4, -0.2) is 42.1 Å². The number of halogens is 1. The summed E-state index contributed by atoms with van der Waals surface area (Å²) in [5.74, 6) is -2.67. The van der Waals surface area contributed by atoms with Gasteiger partial charge < -0.3 is 19.5 Å². The van der Waals surface area contributed by atoms with Gasteiger partial charge in [0, 0.05) is 25.1 Å². The molecule has 3 atom stereocenters. The predicted octanol–water partition coefficient (Wildman–Crippen LogP) is 4.96. The molecule has 0 radical (unpaired) electrons. The summed E-state index contributed by atoms with van der Waals surface area (Å²) in [6.45, 7) is 8.35. The van der Waals surface area contributed by atoms with Crippen LogP contribution in [0.1, 0.15) is 68.1 Å². The molecular formula is C29H33FN2O6. The van der Waals surface area contributed by atoms with E-state index in [9.17, 15) is 18.8 Å². The molecular weight excluding hydrogens is 491 g/mol. The topological polar surface area (TPSA) is 104 Å². The lowest BCUT2D eigenvalue weighted by Crippen LogP contribution is -2.42. The van der Waals surface area contributed by atoms with E-state index < -0.39 is 30.0 Å². The van der Waals surface area contributed by atoms with E-state index in [2.05, 4.69) is 17.2 Å². The number of ether oxygens (including phenoxy) is 3. The number of benzene rings is 1. The zero-order valence-electron chi connectivity index (χ0n) is 22.5. The molecule has 1 N–H and O–H groups in total. The van der Waals surface area contributed by atoms with E-state index in [-0.39, 0.29) is 28.9 Å². The van der Waals surface area contributed by atoms with Crippen molar-refractivity contribution >= 4 is 17.8 Å². The van der Waals surface area contributed by atoms with Crippen LogP contribution in [0.5, 0.6) is 11.5 Å². The van der Waals surface area contributed by atoms with Crippen molar-refractivity contribution in [2.75, 3.05) is 7.11 Å². The largest absolute Gasteiger partial charge is 0.493 e. The van der Waals surface area contributed by atoms with Gasteiger partial charge in [-0.05, 0) is 63.8 Å². The summed E-state index contributed by atoms with van der Waals surface area (Å²) in [7, 11) is 1.36. The molecule has 8 nitrogen and oxygen atoms in total. The molecule has 1 aromatic carbocycles. The van der Waals surface area contributed by atoms with Crippen molar-refractivity contribution in [1.82, 2.24) is 10.3 Å². The minimum absolute atomic E-state index is 0.145. The molecule has 1 aliphatic carbocycles. The van der Waals surface area contributed by atoms with Gasteiger partial charge in [0.15, 0.2) is 11.4 Å². The van der Waals surface area contributed by atoms with Crippen molar-refractivity contribution in [2.24, 2.45) is 0 Å². The van der Waals surface area contributed by atoms with Gasteiger partial charge in [-0.15, -0.1) is 0 Å². The first-order valence-electron chi connectivity index (χ1n) is 12.4. The van der Waals surface area contributed by atoms with E-state index >= 15 is 0 Å². The molecule has 0 spiro atoms. The van der Waals surface area contributed by atoms with Crippen molar-refractivity contribution in [2.45, 2.75) is 65.5 Å². The second-order valence-corrected chi connectivity index (χ2v) is 9.35. The Morgan fingerprint density at radius 3 is 2.42 bits per heavy atom. The lowest BCUT2D eigenvalue weighted by molar-refractivity contribution is -0.150. The lowest BCUT2D eigenvalue weighted by atomic mass is 9.80. The number of hydrogen-bond donors (Lipinski definition) is 1. The third kappa shape index (κ3) is 6.85. The molecule has 0 saturated heterocycles. The fourth-order valence-electron chi connectivity index (χ4n) is 4.43. The fraction of sp³-hybridized carbons (Fsp3) is 0.379. The lowest BCUT2D eigenvalue weighted by Gasteiger charge is -2.30. The molecule has 9 heteroatoms. The number of nitrogens with one attached hydrogen (secondary N) is 1. The van der Waals surface area contributed by atoms with Crippen LogP contribution in [0.3, 0.4) is 0 Å². The molecule has 1 aliphatic rings. The average Bonchev–Trinajstić information content (AvgIpc) is 2.86. The molecule has 0 fully saturated rings. The molecule has 38 heavy (non-hydrogen) atoms. The highest BCUT2D eigenvalue weighted by Crippen LogP contribution is 2.37. The summed E-state index contributed by atoms with van der Waals surface area (Å²) >= 11 is 0. The number of amides is 1. The number of carbonyl (C=O) groups is 3. The standard InChI is InChI=1S/C29H33FN2O6/c1-16-7-9-21(10-8-16)25(23-12-11-22(30)15-17(23)2)19(4)37-29(35)18(3)32-28(34)26-27(38-20(5)33)24(36-6)13-14-31-26/h7,9,11-15,18-19,25H,8,10H2,1-6H3,(H,32,34)/t18-,19-,25+/m0/s1. The first-order valence-corrected chi connectivity index (χ1v) is 12.4. The SMILES string of the molecule is COc1ccnc(C(=O)N[C@@H](C)C(=O)O[C@@H](C)[C@H](C2=CC=C(C)CC2)c2ccc(F)cc2C)c1OC(C)=O. The molecule has 3 rings (SSSR count). The van der Waals surface area contributed by atoms with Crippen LogP contribution in [0.15, 0.2) is 53.8 Å². The number of aryl methyl sites for hydroxylation is 1. The predicted molar refractivity (Wildman–Crippen MR) is 140 cm³/mol. The van der Waals surface area contributed by atoms with Gasteiger partial charge in [-0.3, -0.25) is 9.59 Å². The monoisotopic (exact) mass is 524 g/mol. The molecule has 0 aliphatic heterocycles. The van der Waals surface area contributed by atoms with E-state index in [1.807, 2.05) is 19.1 Å². The maximum atomic E-state index is 13.8. The van der Waals surface area contributed by atoms with E-state index in [0.717, 1.165) is 29.5 Å². The molecule has 1 amide bonds. The summed E-state index contributed by atoms with van der Waals surface area (Å²) in [5.41, 5.74) is 3.75. The number of carbonyl (C=O) groups excluding carboxylic acids is 3. The first-order chi connectivity index (χ1) is 18.0. The Labute approximate surface area is 221 Å². The Hall–Kier alpha value is -4.01. The van der Waals surface area contributed by atoms with E-state index in [0.29, 0.717) is 0 Å². The third-order valence-electron chi connectivity index (χ3n) is 6.38. The van der Waals surface area contributed by atoms with Crippen molar-refractivity contribution < 1.29 is 33.0 Å². The van der Waals surface area contributed by atoms with Crippen molar-refractivity contribution in [1.29, 1.82) is 0 Å². The number of allylic oxidation sites excluding steroid dienone is 3. The number of rotatable bonds is 9. The third-order valence-corrected chi connectivity index (χ3v) is 6.38. The Kier molecular flexibility index (Phi) is 9.39. The van der Waals surface area contributed by atoms with Gasteiger partial charge in [-0.1, -0.05) is 29.4 Å². The Balaban J connectivity index is 1.80. The van der Waals surface area contributed by atoms with Crippen LogP contribution in [0.4, 0.5) is 4.39 Å². The maximum absolute atomic E-state index is 13.8. The van der Waals surface area contributed by atoms with Crippen molar-refractivity contribution in [3.63, 3.8) is 0 Å². The highest BCUT2D eigenvalue weighted by molar-refractivity contribution is 5.98. The zero-order valence-corrected chi connectivity index (χ0v) is 22.5. The van der Waals surface area contributed by atoms with Crippen molar-refractivity contribution in [3.05, 3.63) is 76.4 Å². The molecule has 1 aromatic heterocycles. The van der Waals surface area contributed by atoms with Gasteiger partial charge in [0.25, 0.3) is 5.91 Å². The van der Waals surface area contributed by atoms with E-state index in [4.69, 9.17) is 14.2 Å². The summed E-state index contributed by atoms with van der Waals surface area (Å²) in [4.78, 5) is 41.5. The Morgan fingerprint density at radius 1 is 1.08 bits per heavy atom. The minimum Gasteiger partial charge on any atom is -0.493 e. The van der Waals surface area contributed by atoms with Crippen LogP contribution in [0.2, 0.25) is 0 Å². The summed E-state index contributed by atoms with van der Waals surface area (Å²) in [6, 6.07) is 5.00. The van der Waals surface area contributed by atoms with Crippen LogP contribution in [-0.2, 0) is 14.3 Å². The van der Waals surface area contributed by atoms with Crippen LogP contribution >= 0.6 is 0 Å². The van der Waals surface area contributed by atoms with Gasteiger partial charge >= 0.3 is 11.9 Å². The van der Waals surface area contributed by atoms with Crippen LogP contribution < -0.4 is 14.8 Å². The molecule has 0 bridgehead atoms. The summed E-state index contributed by atoms with van der Waals surface area (Å²) < 4.78 is 30.0. The number of hydrogen-bond acceptors (Lipinski definition) is 7. The number of pyridine rings is 1. The van der Waals surface area contributed by atoms with Gasteiger partial charge in [0.2, 0.25) is 5.75 Å². The number of methoxy groups -OCH3 is 1. The van der Waals surface area contributed by atoms with Gasteiger partial charge in [-0.2, -0.15) is 0 Å². The smallest absolute Gasteiger partial charge is 0.328 e. The molecule has 0 unspecified atom stereocenters. The summed E-state index contributed by atoms with van der Waals surface area (Å²) in [6.07, 6.45) is 6.48. The quantitative estimate of drug-likeness (QED) is 0.462. The number of nitrogens with zero attached hydrogens (tertiary/aromatic N) is 1. The molecule has 2 aromatic rings. The molecule has 202 valence electrons. The first kappa shape index (κ1) is 28.6. The number of aromatic nitrogens is 1. The Morgan fingerprint density at radius 2 is 1.82 bits per heavy atom. The van der Waals surface area contributed by atoms with Gasteiger partial charge in [-0.25, -0.2) is 14.2 Å². The summed E-state index contributed by atoms with van der Waals surface area (Å²) in [5, 5.41) is 2.55. The molecule has 0 saturated carbocycles. The molecule has 1 heterocycles. The van der Waals surface area contributed by atoms with E-state index in [1.165, 1.54) is 50.9 Å². The van der Waals surface area contributed by atoms with Crippen LogP contribution in [0, 0.1) is 12.7 Å². The Bertz CT molecular complexity index is 1290. The fourth-order valence-corrected chi connectivity index (χ4v) is 4.43. The van der Waals surface area contributed by atoms with Crippen molar-refractivity contribution in [3.8, 4) is 11.5 Å². The zero-order chi connectivity index (χ0) is 28.0. The highest BCUT2D eigenvalue weighted by atomic mass is 19.1. The second kappa shape index (κ2) is 12.5. The van der Waals surface area contributed by atoms with Gasteiger partial charge in [0.1, 0.15) is 18.0 Å². The normalized spacial score (nSPS) is 15.3. The number of esters is 2. The average molecular weight is 525 g/mol. The van der Waals surface area contributed by atoms with Gasteiger partial charge in [0.05, 0.1) is 7.11 Å². The van der Waals surface area contributed by atoms with E-state index in [1.54, 1.807) is 13.0 Å². The second-order valence-electron chi connectivity index (χ2n) is 9.35. The maximum Gasteiger partial charge on any atom is 0.328 e.